The fraction of sp³-hybridized carbons (Fsp3) is 0.235. The number of benzene rings is 2. The minimum absolute atomic E-state index is 0.234. The Morgan fingerprint density at radius 2 is 1.85 bits per heavy atom. The van der Waals surface area contributed by atoms with Crippen LogP contribution in [-0.2, 0) is 21.1 Å². The zero-order valence-corrected chi connectivity index (χ0v) is 14.4. The molecule has 0 bridgehead atoms. The number of halogens is 1. The zero-order valence-electron chi connectivity index (χ0n) is 13.6. The van der Waals surface area contributed by atoms with Crippen LogP contribution in [0.25, 0.3) is 0 Å². The fourth-order valence-corrected chi connectivity index (χ4v) is 3.41. The van der Waals surface area contributed by atoms with Crippen molar-refractivity contribution in [3.63, 3.8) is 0 Å². The number of aryl methyl sites for hydroxylation is 1. The normalized spacial score (nSPS) is 11.1. The van der Waals surface area contributed by atoms with Gasteiger partial charge in [-0.05, 0) is 24.5 Å². The number of hydrogen-bond donors (Lipinski definition) is 0. The van der Waals surface area contributed by atoms with Gasteiger partial charge in [0.25, 0.3) is 0 Å². The first-order valence-corrected chi connectivity index (χ1v) is 9.48. The van der Waals surface area contributed by atoms with E-state index in [2.05, 4.69) is 4.74 Å². The molecule has 9 heteroatoms. The molecule has 0 saturated carbocycles. The van der Waals surface area contributed by atoms with Gasteiger partial charge in [0.1, 0.15) is 11.6 Å². The first kappa shape index (κ1) is 19.5. The number of nitro groups is 1. The van der Waals surface area contributed by atoms with Crippen LogP contribution in [0.4, 0.5) is 10.1 Å². The molecule has 0 heterocycles. The van der Waals surface area contributed by atoms with Crippen LogP contribution in [-0.4, -0.2) is 30.8 Å². The van der Waals surface area contributed by atoms with Crippen molar-refractivity contribution in [1.82, 2.24) is 0 Å². The lowest BCUT2D eigenvalue weighted by atomic mass is 10.1. The molecule has 138 valence electrons. The third-order valence-electron chi connectivity index (χ3n) is 3.44. The molecule has 0 aliphatic heterocycles. The predicted octanol–water partition coefficient (Wildman–Crippen LogP) is 2.69. The van der Waals surface area contributed by atoms with Crippen LogP contribution in [0.3, 0.4) is 0 Å². The Labute approximate surface area is 149 Å². The maximum absolute atomic E-state index is 13.2. The molecule has 0 saturated heterocycles. The molecule has 0 aromatic heterocycles. The van der Waals surface area contributed by atoms with Crippen molar-refractivity contribution >= 4 is 21.5 Å². The van der Waals surface area contributed by atoms with Gasteiger partial charge < -0.3 is 4.74 Å². The maximum atomic E-state index is 13.2. The highest BCUT2D eigenvalue weighted by atomic mass is 32.2. The molecule has 0 aliphatic rings. The lowest BCUT2D eigenvalue weighted by molar-refractivity contribution is -0.385. The molecule has 0 atom stereocenters. The van der Waals surface area contributed by atoms with E-state index < -0.39 is 43.7 Å². The molecule has 0 unspecified atom stereocenters. The van der Waals surface area contributed by atoms with Crippen LogP contribution in [0.5, 0.6) is 5.75 Å². The van der Waals surface area contributed by atoms with Crippen LogP contribution in [0.15, 0.2) is 48.5 Å². The van der Waals surface area contributed by atoms with Gasteiger partial charge in [0.2, 0.25) is 5.75 Å². The topological polar surface area (TPSA) is 104 Å². The Morgan fingerprint density at radius 1 is 1.15 bits per heavy atom. The average Bonchev–Trinajstić information content (AvgIpc) is 2.54. The smallest absolute Gasteiger partial charge is 0.326 e. The van der Waals surface area contributed by atoms with Crippen LogP contribution in [0, 0.1) is 15.9 Å². The molecular formula is C17H16FNO6S. The van der Waals surface area contributed by atoms with Gasteiger partial charge in [0.05, 0.1) is 10.7 Å². The first-order chi connectivity index (χ1) is 12.3. The maximum Gasteiger partial charge on any atom is 0.326 e. The molecule has 26 heavy (non-hydrogen) atoms. The second kappa shape index (κ2) is 8.52. The number of esters is 1. The molecule has 2 aromatic carbocycles. The fourth-order valence-electron chi connectivity index (χ4n) is 2.27. The summed E-state index contributed by atoms with van der Waals surface area (Å²) in [6, 6.07) is 11.6. The van der Waals surface area contributed by atoms with Crippen LogP contribution in [0.1, 0.15) is 12.0 Å². The van der Waals surface area contributed by atoms with Gasteiger partial charge in [-0.3, -0.25) is 14.9 Å². The van der Waals surface area contributed by atoms with Gasteiger partial charge in [-0.1, -0.05) is 30.3 Å². The van der Waals surface area contributed by atoms with Gasteiger partial charge >= 0.3 is 11.7 Å². The largest absolute Gasteiger partial charge is 0.418 e. The lowest BCUT2D eigenvalue weighted by Gasteiger charge is -2.06. The predicted molar refractivity (Wildman–Crippen MR) is 92.1 cm³/mol. The number of carbonyl (C=O) groups excluding carboxylic acids is 1. The van der Waals surface area contributed by atoms with E-state index in [-0.39, 0.29) is 5.75 Å². The molecule has 0 N–H and O–H groups in total. The first-order valence-electron chi connectivity index (χ1n) is 7.66. The van der Waals surface area contributed by atoms with Crippen molar-refractivity contribution in [3.05, 3.63) is 70.0 Å². The number of sulfone groups is 1. The summed E-state index contributed by atoms with van der Waals surface area (Å²) >= 11 is 0. The summed E-state index contributed by atoms with van der Waals surface area (Å²) in [5, 5.41) is 10.8. The molecule has 7 nitrogen and oxygen atoms in total. The van der Waals surface area contributed by atoms with E-state index in [4.69, 9.17) is 0 Å². The molecule has 0 spiro atoms. The van der Waals surface area contributed by atoms with E-state index in [0.717, 1.165) is 17.7 Å². The van der Waals surface area contributed by atoms with Crippen molar-refractivity contribution in [2.75, 3.05) is 11.5 Å². The number of nitrogens with zero attached hydrogens (tertiary/aromatic N) is 1. The van der Waals surface area contributed by atoms with Crippen LogP contribution in [0.2, 0.25) is 0 Å². The summed E-state index contributed by atoms with van der Waals surface area (Å²) < 4.78 is 41.9. The summed E-state index contributed by atoms with van der Waals surface area (Å²) in [6.07, 6.45) is 0.851. The van der Waals surface area contributed by atoms with E-state index in [9.17, 15) is 27.7 Å². The molecule has 2 rings (SSSR count). The van der Waals surface area contributed by atoms with Gasteiger partial charge in [0.15, 0.2) is 9.84 Å². The minimum Gasteiger partial charge on any atom is -0.418 e. The number of rotatable bonds is 8. The highest BCUT2D eigenvalue weighted by molar-refractivity contribution is 7.92. The summed E-state index contributed by atoms with van der Waals surface area (Å²) in [6.45, 7) is 0. The number of carbonyl (C=O) groups is 1. The Balaban J connectivity index is 1.94. The van der Waals surface area contributed by atoms with Crippen molar-refractivity contribution in [3.8, 4) is 5.75 Å². The molecule has 0 amide bonds. The third-order valence-corrected chi connectivity index (χ3v) is 5.03. The number of hydrogen-bond acceptors (Lipinski definition) is 6. The van der Waals surface area contributed by atoms with Crippen LogP contribution < -0.4 is 4.74 Å². The van der Waals surface area contributed by atoms with E-state index in [1.165, 1.54) is 0 Å². The summed E-state index contributed by atoms with van der Waals surface area (Å²) in [5.74, 6) is -3.83. The van der Waals surface area contributed by atoms with Gasteiger partial charge in [-0.2, -0.15) is 0 Å². The molecule has 2 aromatic rings. The Hall–Kier alpha value is -2.81. The minimum atomic E-state index is -3.75. The lowest BCUT2D eigenvalue weighted by Crippen LogP contribution is -2.23. The number of ether oxygens (including phenoxy) is 1. The highest BCUT2D eigenvalue weighted by Gasteiger charge is 2.23. The van der Waals surface area contributed by atoms with Gasteiger partial charge in [-0.25, -0.2) is 12.8 Å². The van der Waals surface area contributed by atoms with E-state index in [1.54, 1.807) is 0 Å². The van der Waals surface area contributed by atoms with E-state index in [1.807, 2.05) is 30.3 Å². The van der Waals surface area contributed by atoms with Crippen molar-refractivity contribution in [1.29, 1.82) is 0 Å². The second-order valence-electron chi connectivity index (χ2n) is 5.52. The highest BCUT2D eigenvalue weighted by Crippen LogP contribution is 2.27. The Kier molecular flexibility index (Phi) is 6.40. The van der Waals surface area contributed by atoms with E-state index >= 15 is 0 Å². The SMILES string of the molecule is O=C(CS(=O)(=O)CCCc1ccccc1)Oc1cc(F)ccc1[N+](=O)[O-]. The van der Waals surface area contributed by atoms with Crippen LogP contribution >= 0.6 is 0 Å². The number of nitro benzene ring substituents is 1. The van der Waals surface area contributed by atoms with Crippen molar-refractivity contribution in [2.45, 2.75) is 12.8 Å². The summed E-state index contributed by atoms with van der Waals surface area (Å²) in [4.78, 5) is 21.8. The molecule has 0 radical (unpaired) electrons. The zero-order chi connectivity index (χ0) is 19.2. The third kappa shape index (κ3) is 5.92. The summed E-state index contributed by atoms with van der Waals surface area (Å²) in [5.41, 5.74) is 0.349. The van der Waals surface area contributed by atoms with Gasteiger partial charge in [0, 0.05) is 12.1 Å². The standard InChI is InChI=1S/C17H16FNO6S/c18-14-8-9-15(19(21)22)16(11-14)25-17(20)12-26(23,24)10-4-7-13-5-2-1-3-6-13/h1-3,5-6,8-9,11H,4,7,10,12H2. The second-order valence-corrected chi connectivity index (χ2v) is 7.71. The molecule has 0 fully saturated rings. The van der Waals surface area contributed by atoms with Gasteiger partial charge in [-0.15, -0.1) is 0 Å². The summed E-state index contributed by atoms with van der Waals surface area (Å²) in [7, 11) is -3.75. The Bertz CT molecular complexity index is 899. The Morgan fingerprint density at radius 3 is 2.50 bits per heavy atom. The average molecular weight is 381 g/mol. The van der Waals surface area contributed by atoms with Crippen molar-refractivity contribution in [2.24, 2.45) is 0 Å². The molecule has 0 aliphatic carbocycles. The van der Waals surface area contributed by atoms with E-state index in [0.29, 0.717) is 18.9 Å². The van der Waals surface area contributed by atoms with Crippen molar-refractivity contribution < 1.29 is 27.3 Å². The quantitative estimate of drug-likeness (QED) is 0.301. The monoisotopic (exact) mass is 381 g/mol. The molecular weight excluding hydrogens is 365 g/mol.